The highest BCUT2D eigenvalue weighted by Crippen LogP contribution is 2.31. The van der Waals surface area contributed by atoms with Crippen LogP contribution in [0, 0.1) is 6.92 Å². The van der Waals surface area contributed by atoms with Gasteiger partial charge >= 0.3 is 6.03 Å². The largest absolute Gasteiger partial charge is 0.491 e. The number of nitrogens with zero attached hydrogens (tertiary/aromatic N) is 2. The van der Waals surface area contributed by atoms with Crippen LogP contribution in [0.25, 0.3) is 10.9 Å². The zero-order chi connectivity index (χ0) is 23.2. The molecule has 0 aliphatic carbocycles. The van der Waals surface area contributed by atoms with Crippen LogP contribution in [-0.4, -0.2) is 33.9 Å². The lowest BCUT2D eigenvalue weighted by Gasteiger charge is -2.15. The molecule has 0 radical (unpaired) electrons. The molecule has 2 aromatic heterocycles. The smallest absolute Gasteiger partial charge is 0.323 e. The Morgan fingerprint density at radius 1 is 1.12 bits per heavy atom. The molecule has 8 heteroatoms. The van der Waals surface area contributed by atoms with Gasteiger partial charge in [-0.1, -0.05) is 17.7 Å². The molecule has 0 unspecified atom stereocenters. The lowest BCUT2D eigenvalue weighted by molar-refractivity contribution is 0.234. The standard InChI is InChI=1S/C25H25ClN4O3/c1-17-3-5-22-20(9-12-30(22)16-18-7-10-27-11-8-18)24(17)29-25(32)28-21-15-19(26)4-6-23(21)33-14-2-13-31/h3-12,15,31H,2,13-14,16H2,1H3,(H2,28,29,32). The lowest BCUT2D eigenvalue weighted by atomic mass is 10.1. The predicted molar refractivity (Wildman–Crippen MR) is 131 cm³/mol. The Balaban J connectivity index is 1.55. The Bertz CT molecular complexity index is 1260. The summed E-state index contributed by atoms with van der Waals surface area (Å²) in [7, 11) is 0. The third-order valence-corrected chi connectivity index (χ3v) is 5.49. The van der Waals surface area contributed by atoms with Crippen molar-refractivity contribution >= 4 is 39.9 Å². The minimum absolute atomic E-state index is 0.0287. The van der Waals surface area contributed by atoms with Crippen molar-refractivity contribution < 1.29 is 14.6 Å². The lowest BCUT2D eigenvalue weighted by Crippen LogP contribution is -2.20. The number of anilines is 2. The number of ether oxygens (including phenoxy) is 1. The van der Waals surface area contributed by atoms with Gasteiger partial charge in [0.1, 0.15) is 5.75 Å². The number of aryl methyl sites for hydroxylation is 1. The third kappa shape index (κ3) is 5.45. The van der Waals surface area contributed by atoms with Gasteiger partial charge in [0.2, 0.25) is 0 Å². The summed E-state index contributed by atoms with van der Waals surface area (Å²) < 4.78 is 7.80. The summed E-state index contributed by atoms with van der Waals surface area (Å²) in [5, 5.41) is 16.2. The molecule has 0 aliphatic rings. The third-order valence-electron chi connectivity index (χ3n) is 5.25. The first-order valence-corrected chi connectivity index (χ1v) is 11.0. The molecule has 4 aromatic rings. The van der Waals surface area contributed by atoms with Crippen LogP contribution in [0.5, 0.6) is 5.75 Å². The van der Waals surface area contributed by atoms with Gasteiger partial charge < -0.3 is 25.0 Å². The second kappa shape index (κ2) is 10.4. The number of pyridine rings is 1. The molecule has 3 N–H and O–H groups in total. The summed E-state index contributed by atoms with van der Waals surface area (Å²) in [6, 6.07) is 14.6. The molecule has 33 heavy (non-hydrogen) atoms. The molecule has 0 saturated carbocycles. The highest BCUT2D eigenvalue weighted by molar-refractivity contribution is 6.31. The fourth-order valence-corrected chi connectivity index (χ4v) is 3.78. The number of urea groups is 1. The van der Waals surface area contributed by atoms with E-state index in [-0.39, 0.29) is 6.61 Å². The summed E-state index contributed by atoms with van der Waals surface area (Å²) in [5.41, 5.74) is 4.31. The van der Waals surface area contributed by atoms with Crippen molar-refractivity contribution in [2.24, 2.45) is 0 Å². The Morgan fingerprint density at radius 3 is 2.73 bits per heavy atom. The number of carbonyl (C=O) groups is 1. The highest BCUT2D eigenvalue weighted by Gasteiger charge is 2.14. The normalized spacial score (nSPS) is 10.9. The van der Waals surface area contributed by atoms with Crippen molar-refractivity contribution in [3.05, 3.63) is 83.3 Å². The van der Waals surface area contributed by atoms with E-state index in [1.807, 2.05) is 37.4 Å². The summed E-state index contributed by atoms with van der Waals surface area (Å²) >= 11 is 6.12. The predicted octanol–water partition coefficient (Wildman–Crippen LogP) is 5.45. The van der Waals surface area contributed by atoms with E-state index in [0.29, 0.717) is 36.0 Å². The van der Waals surface area contributed by atoms with Gasteiger partial charge in [-0.15, -0.1) is 0 Å². The molecule has 2 amide bonds. The van der Waals surface area contributed by atoms with Gasteiger partial charge in [0.05, 0.1) is 23.5 Å². The molecule has 0 aliphatic heterocycles. The number of nitrogens with one attached hydrogen (secondary N) is 2. The second-order valence-electron chi connectivity index (χ2n) is 7.63. The monoisotopic (exact) mass is 464 g/mol. The van der Waals surface area contributed by atoms with Crippen molar-refractivity contribution in [3.8, 4) is 5.75 Å². The summed E-state index contributed by atoms with van der Waals surface area (Å²) in [6.07, 6.45) is 6.06. The SMILES string of the molecule is Cc1ccc2c(ccn2Cc2ccncc2)c1NC(=O)Nc1cc(Cl)ccc1OCCCO. The van der Waals surface area contributed by atoms with E-state index in [1.165, 1.54) is 0 Å². The maximum Gasteiger partial charge on any atom is 0.323 e. The van der Waals surface area contributed by atoms with Gasteiger partial charge in [-0.3, -0.25) is 4.98 Å². The summed E-state index contributed by atoms with van der Waals surface area (Å²) in [4.78, 5) is 17.0. The number of hydrogen-bond donors (Lipinski definition) is 3. The summed E-state index contributed by atoms with van der Waals surface area (Å²) in [6.45, 7) is 3.02. The molecule has 0 saturated heterocycles. The molecular weight excluding hydrogens is 440 g/mol. The molecule has 0 fully saturated rings. The number of aliphatic hydroxyl groups excluding tert-OH is 1. The average molecular weight is 465 g/mol. The molecule has 2 aromatic carbocycles. The number of hydrogen-bond acceptors (Lipinski definition) is 4. The number of carbonyl (C=O) groups excluding carboxylic acids is 1. The number of benzene rings is 2. The van der Waals surface area contributed by atoms with Crippen molar-refractivity contribution in [2.75, 3.05) is 23.8 Å². The highest BCUT2D eigenvalue weighted by atomic mass is 35.5. The van der Waals surface area contributed by atoms with Crippen molar-refractivity contribution in [1.29, 1.82) is 0 Å². The van der Waals surface area contributed by atoms with E-state index in [1.54, 1.807) is 30.6 Å². The molecule has 2 heterocycles. The first-order valence-electron chi connectivity index (χ1n) is 10.6. The first-order chi connectivity index (χ1) is 16.0. The second-order valence-corrected chi connectivity index (χ2v) is 8.07. The van der Waals surface area contributed by atoms with Gasteiger partial charge in [-0.2, -0.15) is 0 Å². The number of halogens is 1. The average Bonchev–Trinajstić information content (AvgIpc) is 3.21. The number of rotatable bonds is 8. The Kier molecular flexibility index (Phi) is 7.12. The van der Waals surface area contributed by atoms with Gasteiger partial charge in [0, 0.05) is 48.6 Å². The molecule has 170 valence electrons. The van der Waals surface area contributed by atoms with Crippen LogP contribution in [0.3, 0.4) is 0 Å². The number of aliphatic hydroxyl groups is 1. The van der Waals surface area contributed by atoms with Crippen molar-refractivity contribution in [1.82, 2.24) is 9.55 Å². The van der Waals surface area contributed by atoms with Crippen LogP contribution in [0.2, 0.25) is 5.02 Å². The zero-order valence-corrected chi connectivity index (χ0v) is 19.0. The van der Waals surface area contributed by atoms with E-state index in [9.17, 15) is 4.79 Å². The molecule has 7 nitrogen and oxygen atoms in total. The number of aromatic nitrogens is 2. The minimum atomic E-state index is -0.401. The van der Waals surface area contributed by atoms with Gasteiger partial charge in [0.15, 0.2) is 0 Å². The van der Waals surface area contributed by atoms with E-state index in [2.05, 4.69) is 26.3 Å². The van der Waals surface area contributed by atoms with Crippen molar-refractivity contribution in [3.63, 3.8) is 0 Å². The van der Waals surface area contributed by atoms with Gasteiger partial charge in [-0.05, 0) is 60.5 Å². The molecule has 0 atom stereocenters. The fraction of sp³-hybridized carbons (Fsp3) is 0.200. The molecule has 0 spiro atoms. The van der Waals surface area contributed by atoms with E-state index in [4.69, 9.17) is 21.4 Å². The van der Waals surface area contributed by atoms with Crippen LogP contribution in [0.15, 0.2) is 67.1 Å². The van der Waals surface area contributed by atoms with E-state index >= 15 is 0 Å². The molecule has 0 bridgehead atoms. The fourth-order valence-electron chi connectivity index (χ4n) is 3.61. The number of fused-ring (bicyclic) bond motifs is 1. The Hall–Kier alpha value is -3.55. The van der Waals surface area contributed by atoms with Crippen LogP contribution >= 0.6 is 11.6 Å². The van der Waals surface area contributed by atoms with Crippen molar-refractivity contribution in [2.45, 2.75) is 19.9 Å². The van der Waals surface area contributed by atoms with Crippen LogP contribution in [0.4, 0.5) is 16.2 Å². The zero-order valence-electron chi connectivity index (χ0n) is 18.2. The van der Waals surface area contributed by atoms with E-state index in [0.717, 1.165) is 27.7 Å². The quantitative estimate of drug-likeness (QED) is 0.302. The molecular formula is C25H25ClN4O3. The van der Waals surface area contributed by atoms with Gasteiger partial charge in [0.25, 0.3) is 0 Å². The van der Waals surface area contributed by atoms with Gasteiger partial charge in [-0.25, -0.2) is 4.79 Å². The first kappa shape index (κ1) is 22.6. The Morgan fingerprint density at radius 2 is 1.94 bits per heavy atom. The summed E-state index contributed by atoms with van der Waals surface area (Å²) in [5.74, 6) is 0.487. The van der Waals surface area contributed by atoms with Crippen LogP contribution in [0.1, 0.15) is 17.5 Å². The van der Waals surface area contributed by atoms with Crippen LogP contribution < -0.4 is 15.4 Å². The van der Waals surface area contributed by atoms with Crippen LogP contribution in [-0.2, 0) is 6.54 Å². The maximum atomic E-state index is 12.9. The van der Waals surface area contributed by atoms with E-state index < -0.39 is 6.03 Å². The molecule has 4 rings (SSSR count). The maximum absolute atomic E-state index is 12.9. The minimum Gasteiger partial charge on any atom is -0.491 e. The number of amides is 2. The Labute approximate surface area is 197 Å². The topological polar surface area (TPSA) is 88.4 Å².